The van der Waals surface area contributed by atoms with Crippen molar-refractivity contribution < 1.29 is 45.3 Å². The van der Waals surface area contributed by atoms with Crippen LogP contribution in [0.2, 0.25) is 5.28 Å². The van der Waals surface area contributed by atoms with Gasteiger partial charge in [-0.1, -0.05) is 5.04 Å². The Morgan fingerprint density at radius 2 is 1.59 bits per heavy atom. The minimum Gasteiger partial charge on any atom is -0.507 e. The molecule has 0 aliphatic carbocycles. The van der Waals surface area contributed by atoms with Gasteiger partial charge in [-0.3, -0.25) is 4.55 Å². The summed E-state index contributed by atoms with van der Waals surface area (Å²) < 4.78 is 63.1. The zero-order valence-corrected chi connectivity index (χ0v) is 23.9. The van der Waals surface area contributed by atoms with Gasteiger partial charge in [0.25, 0.3) is 0 Å². The van der Waals surface area contributed by atoms with Crippen molar-refractivity contribution in [1.82, 2.24) is 15.0 Å². The van der Waals surface area contributed by atoms with Crippen molar-refractivity contribution in [3.8, 4) is 5.75 Å². The van der Waals surface area contributed by atoms with Gasteiger partial charge in [0.1, 0.15) is 5.75 Å². The third-order valence-corrected chi connectivity index (χ3v) is 8.45. The summed E-state index contributed by atoms with van der Waals surface area (Å²) >= 11 is 6.79. The normalized spacial score (nSPS) is 12.0. The fourth-order valence-corrected chi connectivity index (χ4v) is 5.66. The highest BCUT2D eigenvalue weighted by Gasteiger charge is 2.17. The first-order chi connectivity index (χ1) is 19.3. The molecule has 0 radical (unpaired) electrons. The fourth-order valence-electron chi connectivity index (χ4n) is 3.51. The van der Waals surface area contributed by atoms with E-state index < -0.39 is 32.6 Å². The molecule has 1 heterocycles. The summed E-state index contributed by atoms with van der Waals surface area (Å²) in [5.41, 5.74) is 1.47. The highest BCUT2D eigenvalue weighted by atomic mass is 35.5. The van der Waals surface area contributed by atoms with E-state index in [1.807, 2.05) is 0 Å². The van der Waals surface area contributed by atoms with Crippen LogP contribution in [0.15, 0.2) is 58.3 Å². The molecule has 15 nitrogen and oxygen atoms in total. The van der Waals surface area contributed by atoms with Crippen molar-refractivity contribution in [1.29, 1.82) is 0 Å². The molecule has 0 aliphatic heterocycles. The van der Waals surface area contributed by atoms with Crippen LogP contribution in [-0.2, 0) is 33.8 Å². The molecule has 0 atom stereocenters. The maximum atomic E-state index is 12.4. The van der Waals surface area contributed by atoms with E-state index in [1.54, 1.807) is 31.2 Å². The third-order valence-electron chi connectivity index (χ3n) is 5.39. The maximum absolute atomic E-state index is 12.4. The van der Waals surface area contributed by atoms with E-state index in [0.29, 0.717) is 44.6 Å². The molecule has 0 saturated carbocycles. The van der Waals surface area contributed by atoms with Gasteiger partial charge in [0, 0.05) is 27.2 Å². The first-order valence-electron chi connectivity index (χ1n) is 11.2. The molecule has 0 aliphatic rings. The lowest BCUT2D eigenvalue weighted by Crippen LogP contribution is -2.15. The molecular formula is C22H20ClN5O10S3. The average molecular weight is 646 g/mol. The van der Waals surface area contributed by atoms with Crippen LogP contribution in [-0.4, -0.2) is 59.1 Å². The number of benzene rings is 3. The number of aromatic hydroxyl groups is 1. The number of phenolic OH excluding ortho intramolecular Hbond substituents is 1. The lowest BCUT2D eigenvalue weighted by molar-refractivity contribution is -0.432. The lowest BCUT2D eigenvalue weighted by atomic mass is 10.1. The minimum atomic E-state index is -4.75. The Hall–Kier alpha value is -3.33. The predicted molar refractivity (Wildman–Crippen MR) is 148 cm³/mol. The summed E-state index contributed by atoms with van der Waals surface area (Å²) in [6.45, 7) is 0.937. The Kier molecular flexibility index (Phi) is 9.47. The summed E-state index contributed by atoms with van der Waals surface area (Å²) in [7, 11) is -8.64. The zero-order valence-electron chi connectivity index (χ0n) is 20.7. The van der Waals surface area contributed by atoms with Gasteiger partial charge in [0.05, 0.1) is 29.3 Å². The monoisotopic (exact) mass is 645 g/mol. The second-order valence-corrected chi connectivity index (χ2v) is 12.4. The maximum Gasteiger partial charge on any atom is 0.397 e. The van der Waals surface area contributed by atoms with Crippen molar-refractivity contribution in [3.63, 3.8) is 0 Å². The number of hydrogen-bond donors (Lipinski definition) is 5. The predicted octanol–water partition coefficient (Wildman–Crippen LogP) is 4.20. The standard InChI is InChI=1S/C22H20ClN5O10S3/c1-12-18(39-38-37-30)11-13-10-15(4-7-17(13)19(12)29)25-22-27-20(23)26-21(28-22)24-14-2-5-16(6-3-14)40(31,32)9-8-36-41(33,34)35/h2-7,10-11,29-30H,8-9H2,1H3,(H,33,34,35)(H2,24,25,26,27,28). The molecule has 0 unspecified atom stereocenters. The van der Waals surface area contributed by atoms with Gasteiger partial charge in [-0.15, -0.1) is 4.33 Å². The number of nitrogens with zero attached hydrogens (tertiary/aromatic N) is 3. The van der Waals surface area contributed by atoms with Gasteiger partial charge < -0.3 is 15.7 Å². The Labute approximate surface area is 242 Å². The van der Waals surface area contributed by atoms with Crippen LogP contribution in [0.1, 0.15) is 5.56 Å². The van der Waals surface area contributed by atoms with Crippen molar-refractivity contribution in [2.24, 2.45) is 0 Å². The van der Waals surface area contributed by atoms with E-state index in [9.17, 15) is 21.9 Å². The van der Waals surface area contributed by atoms with Gasteiger partial charge in [-0.25, -0.2) is 17.9 Å². The number of aromatic nitrogens is 3. The molecule has 19 heteroatoms. The summed E-state index contributed by atoms with van der Waals surface area (Å²) in [5.74, 6) is -0.527. The molecule has 0 amide bonds. The molecule has 4 aromatic rings. The Morgan fingerprint density at radius 3 is 2.22 bits per heavy atom. The summed E-state index contributed by atoms with van der Waals surface area (Å²) in [4.78, 5) is 12.7. The molecule has 0 saturated heterocycles. The Morgan fingerprint density at radius 1 is 0.951 bits per heavy atom. The van der Waals surface area contributed by atoms with Crippen molar-refractivity contribution in [2.45, 2.75) is 16.7 Å². The number of fused-ring (bicyclic) bond motifs is 1. The molecule has 1 aromatic heterocycles. The largest absolute Gasteiger partial charge is 0.507 e. The van der Waals surface area contributed by atoms with Crippen LogP contribution >= 0.6 is 23.6 Å². The number of halogens is 1. The number of rotatable bonds is 12. The smallest absolute Gasteiger partial charge is 0.397 e. The second kappa shape index (κ2) is 12.7. The SMILES string of the molecule is Cc1c(SOOO)cc2cc(Nc3nc(Cl)nc(Nc4ccc(S(=O)(=O)CCOS(=O)(=O)O)cc4)n3)ccc2c1O. The van der Waals surface area contributed by atoms with Crippen molar-refractivity contribution in [3.05, 3.63) is 59.4 Å². The highest BCUT2D eigenvalue weighted by Crippen LogP contribution is 2.37. The molecule has 3 aromatic carbocycles. The van der Waals surface area contributed by atoms with Crippen LogP contribution in [0.4, 0.5) is 23.3 Å². The van der Waals surface area contributed by atoms with Crippen LogP contribution in [0, 0.1) is 6.92 Å². The number of phenols is 1. The molecule has 218 valence electrons. The molecule has 5 N–H and O–H groups in total. The van der Waals surface area contributed by atoms with Crippen LogP contribution in [0.5, 0.6) is 5.75 Å². The van der Waals surface area contributed by atoms with E-state index >= 15 is 0 Å². The first kappa shape index (κ1) is 30.6. The van der Waals surface area contributed by atoms with Gasteiger partial charge in [-0.05, 0) is 72.4 Å². The fraction of sp³-hybridized carbons (Fsp3) is 0.136. The van der Waals surface area contributed by atoms with E-state index in [4.69, 9.17) is 21.4 Å². The number of hydrogen-bond acceptors (Lipinski definition) is 15. The van der Waals surface area contributed by atoms with Crippen LogP contribution in [0.3, 0.4) is 0 Å². The molecule has 0 spiro atoms. The second-order valence-electron chi connectivity index (χ2n) is 8.10. The minimum absolute atomic E-state index is 0.0260. The van der Waals surface area contributed by atoms with Gasteiger partial charge in [-0.2, -0.15) is 23.4 Å². The molecule has 0 fully saturated rings. The van der Waals surface area contributed by atoms with Gasteiger partial charge in [0.15, 0.2) is 9.84 Å². The van der Waals surface area contributed by atoms with Gasteiger partial charge >= 0.3 is 10.4 Å². The highest BCUT2D eigenvalue weighted by molar-refractivity contribution is 7.94. The van der Waals surface area contributed by atoms with E-state index in [0.717, 1.165) is 0 Å². The van der Waals surface area contributed by atoms with Crippen molar-refractivity contribution >= 4 is 77.9 Å². The van der Waals surface area contributed by atoms with E-state index in [1.165, 1.54) is 24.3 Å². The van der Waals surface area contributed by atoms with E-state index in [2.05, 4.69) is 39.1 Å². The topological polar surface area (TPSA) is 219 Å². The van der Waals surface area contributed by atoms with Gasteiger partial charge in [0.2, 0.25) is 17.2 Å². The number of anilines is 4. The summed E-state index contributed by atoms with van der Waals surface area (Å²) in [6.07, 6.45) is 0. The van der Waals surface area contributed by atoms with Crippen LogP contribution in [0.25, 0.3) is 10.8 Å². The quantitative estimate of drug-likeness (QED) is 0.0630. The Balaban J connectivity index is 1.50. The molecule has 41 heavy (non-hydrogen) atoms. The zero-order chi connectivity index (χ0) is 29.8. The number of nitrogens with one attached hydrogen (secondary N) is 2. The lowest BCUT2D eigenvalue weighted by Gasteiger charge is -2.12. The van der Waals surface area contributed by atoms with Crippen molar-refractivity contribution in [2.75, 3.05) is 23.0 Å². The van der Waals surface area contributed by atoms with Crippen LogP contribution < -0.4 is 10.6 Å². The van der Waals surface area contributed by atoms with E-state index in [-0.39, 0.29) is 27.8 Å². The Bertz CT molecular complexity index is 1790. The summed E-state index contributed by atoms with van der Waals surface area (Å²) in [5, 5.41) is 29.5. The molecule has 4 rings (SSSR count). The summed E-state index contributed by atoms with van der Waals surface area (Å²) in [6, 6.07) is 12.2. The first-order valence-corrected chi connectivity index (χ1v) is 15.3. The third kappa shape index (κ3) is 8.12. The molecule has 0 bridgehead atoms. The molecular weight excluding hydrogens is 626 g/mol. The number of sulfone groups is 1. The average Bonchev–Trinajstić information content (AvgIpc) is 2.89.